The molecule has 8 nitrogen and oxygen atoms in total. The number of anilines is 5. The monoisotopic (exact) mass is 493 g/mol. The summed E-state index contributed by atoms with van der Waals surface area (Å²) in [6, 6.07) is 25.8. The van der Waals surface area contributed by atoms with Crippen molar-refractivity contribution >= 4 is 40.8 Å². The number of ether oxygens (including phenoxy) is 1. The molecule has 0 atom stereocenters. The molecule has 8 heteroatoms. The zero-order valence-corrected chi connectivity index (χ0v) is 20.7. The van der Waals surface area contributed by atoms with Crippen molar-refractivity contribution < 1.29 is 14.3 Å². The number of carbonyl (C=O) groups is 2. The molecule has 1 aliphatic rings. The minimum Gasteiger partial charge on any atom is -0.497 e. The van der Waals surface area contributed by atoms with Gasteiger partial charge in [-0.25, -0.2) is 19.6 Å². The normalized spacial score (nSPS) is 12.8. The van der Waals surface area contributed by atoms with Crippen LogP contribution in [-0.4, -0.2) is 29.0 Å². The Bertz CT molecular complexity index is 1390. The summed E-state index contributed by atoms with van der Waals surface area (Å²) in [5.41, 5.74) is 2.83. The lowest BCUT2D eigenvalue weighted by molar-refractivity contribution is -0.118. The summed E-state index contributed by atoms with van der Waals surface area (Å²) in [5, 5.41) is 0. The molecule has 3 amide bonds. The standard InChI is InChI=1S/C29H27N5O3/c1-3-10-26(35)33(23-11-6-4-7-12-23)28-30-19-21-20-32(22-15-17-25(37-2)18-16-22)29(36)34(27(21)31-28)24-13-8-5-9-14-24/h4-9,11-19H,3,10,20H2,1-2H3. The highest BCUT2D eigenvalue weighted by Crippen LogP contribution is 2.37. The summed E-state index contributed by atoms with van der Waals surface area (Å²) in [6.45, 7) is 2.25. The number of hydrogen-bond donors (Lipinski definition) is 0. The first-order valence-electron chi connectivity index (χ1n) is 12.2. The van der Waals surface area contributed by atoms with Crippen molar-refractivity contribution in [1.29, 1.82) is 0 Å². The van der Waals surface area contributed by atoms with Crippen LogP contribution in [0.1, 0.15) is 25.3 Å². The quantitative estimate of drug-likeness (QED) is 0.305. The van der Waals surface area contributed by atoms with Crippen molar-refractivity contribution in [2.75, 3.05) is 21.8 Å². The third kappa shape index (κ3) is 4.73. The number of nitrogens with zero attached hydrogens (tertiary/aromatic N) is 5. The molecular weight excluding hydrogens is 466 g/mol. The van der Waals surface area contributed by atoms with Crippen molar-refractivity contribution in [3.05, 3.63) is 96.7 Å². The molecule has 37 heavy (non-hydrogen) atoms. The van der Waals surface area contributed by atoms with Gasteiger partial charge >= 0.3 is 6.03 Å². The van der Waals surface area contributed by atoms with E-state index in [-0.39, 0.29) is 17.9 Å². The van der Waals surface area contributed by atoms with Gasteiger partial charge in [0.2, 0.25) is 11.9 Å². The Labute approximate surface area is 215 Å². The summed E-state index contributed by atoms with van der Waals surface area (Å²) in [5.74, 6) is 1.28. The van der Waals surface area contributed by atoms with Crippen molar-refractivity contribution in [3.63, 3.8) is 0 Å². The first-order valence-corrected chi connectivity index (χ1v) is 12.2. The van der Waals surface area contributed by atoms with Crippen LogP contribution in [0.3, 0.4) is 0 Å². The number of fused-ring (bicyclic) bond motifs is 1. The van der Waals surface area contributed by atoms with E-state index in [0.29, 0.717) is 42.3 Å². The fraction of sp³-hybridized carbons (Fsp3) is 0.172. The summed E-state index contributed by atoms with van der Waals surface area (Å²) >= 11 is 0. The Morgan fingerprint density at radius 2 is 1.62 bits per heavy atom. The third-order valence-electron chi connectivity index (χ3n) is 6.12. The smallest absolute Gasteiger partial charge is 0.335 e. The maximum Gasteiger partial charge on any atom is 0.335 e. The number of urea groups is 1. The van der Waals surface area contributed by atoms with Crippen molar-refractivity contribution in [3.8, 4) is 5.75 Å². The van der Waals surface area contributed by atoms with Gasteiger partial charge in [-0.05, 0) is 55.0 Å². The number of hydrogen-bond acceptors (Lipinski definition) is 5. The molecule has 0 bridgehead atoms. The molecule has 3 aromatic carbocycles. The van der Waals surface area contributed by atoms with Crippen LogP contribution < -0.4 is 19.4 Å². The minimum atomic E-state index is -0.250. The Morgan fingerprint density at radius 1 is 0.946 bits per heavy atom. The van der Waals surface area contributed by atoms with E-state index in [0.717, 1.165) is 11.3 Å². The Kier molecular flexibility index (Phi) is 6.81. The Balaban J connectivity index is 1.62. The predicted octanol–water partition coefficient (Wildman–Crippen LogP) is 6.23. The zero-order chi connectivity index (χ0) is 25.8. The van der Waals surface area contributed by atoms with Crippen LogP contribution in [0, 0.1) is 0 Å². The van der Waals surface area contributed by atoms with Crippen molar-refractivity contribution in [2.45, 2.75) is 26.3 Å². The van der Waals surface area contributed by atoms with Crippen LogP contribution in [0.15, 0.2) is 91.1 Å². The molecular formula is C29H27N5O3. The van der Waals surface area contributed by atoms with E-state index in [1.165, 1.54) is 4.90 Å². The summed E-state index contributed by atoms with van der Waals surface area (Å²) in [7, 11) is 1.60. The molecule has 186 valence electrons. The highest BCUT2D eigenvalue weighted by Gasteiger charge is 2.35. The minimum absolute atomic E-state index is 0.109. The van der Waals surface area contributed by atoms with E-state index in [9.17, 15) is 9.59 Å². The van der Waals surface area contributed by atoms with Crippen LogP contribution in [0.2, 0.25) is 0 Å². The molecule has 0 spiro atoms. The van der Waals surface area contributed by atoms with Gasteiger partial charge in [-0.15, -0.1) is 0 Å². The first-order chi connectivity index (χ1) is 18.1. The van der Waals surface area contributed by atoms with Crippen LogP contribution in [-0.2, 0) is 11.3 Å². The number of methoxy groups -OCH3 is 1. The largest absolute Gasteiger partial charge is 0.497 e. The third-order valence-corrected chi connectivity index (χ3v) is 6.12. The predicted molar refractivity (Wildman–Crippen MR) is 144 cm³/mol. The topological polar surface area (TPSA) is 78.9 Å². The van der Waals surface area contributed by atoms with E-state index in [4.69, 9.17) is 9.72 Å². The van der Waals surface area contributed by atoms with Crippen LogP contribution in [0.4, 0.5) is 33.6 Å². The lowest BCUT2D eigenvalue weighted by Crippen LogP contribution is -2.45. The molecule has 0 saturated carbocycles. The Hall–Kier alpha value is -4.72. The number of para-hydroxylation sites is 2. The van der Waals surface area contributed by atoms with Gasteiger partial charge < -0.3 is 4.74 Å². The second-order valence-electron chi connectivity index (χ2n) is 8.57. The van der Waals surface area contributed by atoms with Crippen LogP contribution in [0.5, 0.6) is 5.75 Å². The SMILES string of the molecule is CCCC(=O)N(c1ccccc1)c1ncc2c(n1)N(c1ccccc1)C(=O)N(c1ccc(OC)cc1)C2. The fourth-order valence-electron chi connectivity index (χ4n) is 4.30. The molecule has 2 heterocycles. The molecule has 4 aromatic rings. The molecule has 5 rings (SSSR count). The first kappa shape index (κ1) is 24.0. The number of amides is 3. The fourth-order valence-corrected chi connectivity index (χ4v) is 4.30. The summed E-state index contributed by atoms with van der Waals surface area (Å²) in [4.78, 5) is 41.2. The number of carbonyl (C=O) groups excluding carboxylic acids is 2. The Morgan fingerprint density at radius 3 is 2.27 bits per heavy atom. The molecule has 0 N–H and O–H groups in total. The van der Waals surface area contributed by atoms with Gasteiger partial charge in [-0.1, -0.05) is 43.3 Å². The van der Waals surface area contributed by atoms with E-state index in [1.54, 1.807) is 23.1 Å². The van der Waals surface area contributed by atoms with Crippen molar-refractivity contribution in [2.24, 2.45) is 0 Å². The molecule has 0 aliphatic carbocycles. The second kappa shape index (κ2) is 10.5. The second-order valence-corrected chi connectivity index (χ2v) is 8.57. The van der Waals surface area contributed by atoms with Gasteiger partial charge in [0.1, 0.15) is 5.75 Å². The summed E-state index contributed by atoms with van der Waals surface area (Å²) < 4.78 is 5.27. The average molecular weight is 494 g/mol. The van der Waals surface area contributed by atoms with Gasteiger partial charge in [0.15, 0.2) is 5.82 Å². The molecule has 1 aromatic heterocycles. The van der Waals surface area contributed by atoms with E-state index >= 15 is 0 Å². The van der Waals surface area contributed by atoms with Gasteiger partial charge in [0.05, 0.1) is 25.0 Å². The number of rotatable bonds is 7. The molecule has 0 unspecified atom stereocenters. The highest BCUT2D eigenvalue weighted by atomic mass is 16.5. The van der Waals surface area contributed by atoms with Gasteiger partial charge in [0.25, 0.3) is 0 Å². The maximum atomic E-state index is 13.9. The summed E-state index contributed by atoms with van der Waals surface area (Å²) in [6.07, 6.45) is 2.74. The van der Waals surface area contributed by atoms with Gasteiger partial charge in [0, 0.05) is 23.9 Å². The molecule has 0 saturated heterocycles. The van der Waals surface area contributed by atoms with Gasteiger partial charge in [-0.3, -0.25) is 9.69 Å². The maximum absolute atomic E-state index is 13.9. The zero-order valence-electron chi connectivity index (χ0n) is 20.7. The van der Waals surface area contributed by atoms with Gasteiger partial charge in [-0.2, -0.15) is 4.98 Å². The number of benzene rings is 3. The lowest BCUT2D eigenvalue weighted by Gasteiger charge is -2.36. The average Bonchev–Trinajstić information content (AvgIpc) is 2.94. The number of aromatic nitrogens is 2. The van der Waals surface area contributed by atoms with E-state index < -0.39 is 0 Å². The van der Waals surface area contributed by atoms with Crippen LogP contribution >= 0.6 is 0 Å². The van der Waals surface area contributed by atoms with Crippen molar-refractivity contribution in [1.82, 2.24) is 9.97 Å². The van der Waals surface area contributed by atoms with E-state index in [1.807, 2.05) is 91.9 Å². The van der Waals surface area contributed by atoms with E-state index in [2.05, 4.69) is 4.98 Å². The van der Waals surface area contributed by atoms with Crippen LogP contribution in [0.25, 0.3) is 0 Å². The molecule has 0 radical (unpaired) electrons. The highest BCUT2D eigenvalue weighted by molar-refractivity contribution is 6.10. The lowest BCUT2D eigenvalue weighted by atomic mass is 10.1. The molecule has 0 fully saturated rings. The molecule has 1 aliphatic heterocycles.